The number of benzene rings is 1. The first kappa shape index (κ1) is 10.8. The molecule has 0 atom stereocenters. The molecule has 1 aromatic heterocycles. The first-order chi connectivity index (χ1) is 8.40. The van der Waals surface area contributed by atoms with Gasteiger partial charge < -0.3 is 9.30 Å². The third-order valence-electron chi connectivity index (χ3n) is 3.79. The fourth-order valence-electron chi connectivity index (χ4n) is 2.85. The van der Waals surface area contributed by atoms with E-state index in [0.717, 1.165) is 32.5 Å². The van der Waals surface area contributed by atoms with Gasteiger partial charge >= 0.3 is 0 Å². The number of ether oxygens (including phenoxy) is 1. The molecule has 2 heterocycles. The molecule has 0 amide bonds. The van der Waals surface area contributed by atoms with Gasteiger partial charge in [0.15, 0.2) is 0 Å². The lowest BCUT2D eigenvalue weighted by Gasteiger charge is -2.25. The predicted molar refractivity (Wildman–Crippen MR) is 70.4 cm³/mol. The minimum Gasteiger partial charge on any atom is -0.381 e. The highest BCUT2D eigenvalue weighted by Crippen LogP contribution is 2.29. The van der Waals surface area contributed by atoms with Crippen LogP contribution in [0.5, 0.6) is 0 Å². The highest BCUT2D eigenvalue weighted by molar-refractivity contribution is 5.83. The Bertz CT molecular complexity index is 509. The molecule has 1 aromatic carbocycles. The normalized spacial score (nSPS) is 17.7. The number of hydrogen-bond acceptors (Lipinski definition) is 1. The van der Waals surface area contributed by atoms with E-state index >= 15 is 0 Å². The predicted octanol–water partition coefficient (Wildman–Crippen LogP) is 3.56. The second-order valence-electron chi connectivity index (χ2n) is 4.78. The minimum absolute atomic E-state index is 0.619. The van der Waals surface area contributed by atoms with Crippen LogP contribution in [0.25, 0.3) is 10.9 Å². The molecule has 1 aliphatic heterocycles. The zero-order chi connectivity index (χ0) is 11.7. The monoisotopic (exact) mass is 229 g/mol. The summed E-state index contributed by atoms with van der Waals surface area (Å²) in [6.45, 7) is 4.04. The molecular weight excluding hydrogens is 210 g/mol. The number of aromatic nitrogens is 1. The molecule has 0 aliphatic carbocycles. The van der Waals surface area contributed by atoms with E-state index in [9.17, 15) is 0 Å². The molecule has 0 bridgehead atoms. The summed E-state index contributed by atoms with van der Waals surface area (Å²) in [5.41, 5.74) is 2.89. The molecule has 0 N–H and O–H groups in total. The smallest absolute Gasteiger partial charge is 0.0515 e. The van der Waals surface area contributed by atoms with Crippen molar-refractivity contribution in [3.05, 3.63) is 36.0 Å². The van der Waals surface area contributed by atoms with Gasteiger partial charge in [0.25, 0.3) is 0 Å². The average Bonchev–Trinajstić information content (AvgIpc) is 2.83. The Labute approximate surface area is 102 Å². The molecule has 0 unspecified atom stereocenters. The van der Waals surface area contributed by atoms with E-state index in [0.29, 0.717) is 6.04 Å². The van der Waals surface area contributed by atoms with Crippen LogP contribution in [0.2, 0.25) is 0 Å². The van der Waals surface area contributed by atoms with Crippen molar-refractivity contribution in [1.82, 2.24) is 4.57 Å². The highest BCUT2D eigenvalue weighted by Gasteiger charge is 2.17. The van der Waals surface area contributed by atoms with Gasteiger partial charge in [-0.3, -0.25) is 0 Å². The first-order valence-corrected chi connectivity index (χ1v) is 6.56. The van der Waals surface area contributed by atoms with Crippen molar-refractivity contribution in [2.45, 2.75) is 32.2 Å². The molecule has 2 nitrogen and oxygen atoms in total. The van der Waals surface area contributed by atoms with Gasteiger partial charge in [0.05, 0.1) is 5.52 Å². The number of rotatable bonds is 2. The van der Waals surface area contributed by atoms with Crippen molar-refractivity contribution in [3.63, 3.8) is 0 Å². The van der Waals surface area contributed by atoms with Gasteiger partial charge in [-0.1, -0.05) is 25.1 Å². The quantitative estimate of drug-likeness (QED) is 0.768. The van der Waals surface area contributed by atoms with Gasteiger partial charge in [0.2, 0.25) is 0 Å². The molecule has 1 saturated heterocycles. The van der Waals surface area contributed by atoms with Gasteiger partial charge in [0.1, 0.15) is 0 Å². The van der Waals surface area contributed by atoms with Crippen LogP contribution >= 0.6 is 0 Å². The Hall–Kier alpha value is -1.28. The van der Waals surface area contributed by atoms with Gasteiger partial charge in [0, 0.05) is 25.5 Å². The summed E-state index contributed by atoms with van der Waals surface area (Å²) in [6, 6.07) is 9.48. The van der Waals surface area contributed by atoms with Crippen LogP contribution < -0.4 is 0 Å². The van der Waals surface area contributed by atoms with E-state index in [4.69, 9.17) is 4.74 Å². The van der Waals surface area contributed by atoms with E-state index in [1.165, 1.54) is 16.5 Å². The lowest BCUT2D eigenvalue weighted by molar-refractivity contribution is 0.0707. The lowest BCUT2D eigenvalue weighted by Crippen LogP contribution is -2.19. The minimum atomic E-state index is 0.619. The largest absolute Gasteiger partial charge is 0.381 e. The molecule has 2 aromatic rings. The summed E-state index contributed by atoms with van der Waals surface area (Å²) in [6.07, 6.45) is 5.63. The van der Waals surface area contributed by atoms with Crippen molar-refractivity contribution < 1.29 is 4.74 Å². The van der Waals surface area contributed by atoms with E-state index < -0.39 is 0 Å². The van der Waals surface area contributed by atoms with E-state index in [2.05, 4.69) is 42.0 Å². The van der Waals surface area contributed by atoms with Crippen molar-refractivity contribution in [2.24, 2.45) is 0 Å². The number of hydrogen-bond donors (Lipinski definition) is 0. The topological polar surface area (TPSA) is 14.2 Å². The molecule has 17 heavy (non-hydrogen) atoms. The van der Waals surface area contributed by atoms with Crippen molar-refractivity contribution in [1.29, 1.82) is 0 Å². The van der Waals surface area contributed by atoms with Crippen molar-refractivity contribution in [3.8, 4) is 0 Å². The molecule has 90 valence electrons. The average molecular weight is 229 g/mol. The fraction of sp³-hybridized carbons (Fsp3) is 0.467. The molecule has 1 fully saturated rings. The van der Waals surface area contributed by atoms with Gasteiger partial charge in [-0.2, -0.15) is 0 Å². The number of fused-ring (bicyclic) bond motifs is 1. The molecule has 0 saturated carbocycles. The summed E-state index contributed by atoms with van der Waals surface area (Å²) in [5, 5.41) is 1.37. The summed E-state index contributed by atoms with van der Waals surface area (Å²) in [4.78, 5) is 0. The number of aryl methyl sites for hydroxylation is 1. The highest BCUT2D eigenvalue weighted by atomic mass is 16.5. The second kappa shape index (κ2) is 4.53. The Balaban J connectivity index is 2.09. The van der Waals surface area contributed by atoms with Crippen LogP contribution in [0.4, 0.5) is 0 Å². The summed E-state index contributed by atoms with van der Waals surface area (Å²) < 4.78 is 7.92. The van der Waals surface area contributed by atoms with Crippen molar-refractivity contribution in [2.75, 3.05) is 13.2 Å². The van der Waals surface area contributed by atoms with Crippen LogP contribution in [-0.4, -0.2) is 17.8 Å². The zero-order valence-corrected chi connectivity index (χ0v) is 10.4. The van der Waals surface area contributed by atoms with E-state index in [-0.39, 0.29) is 0 Å². The van der Waals surface area contributed by atoms with Crippen LogP contribution in [0.1, 0.15) is 31.4 Å². The van der Waals surface area contributed by atoms with Crippen molar-refractivity contribution >= 4 is 10.9 Å². The molecule has 0 spiro atoms. The molecule has 3 rings (SSSR count). The Kier molecular flexibility index (Phi) is 2.89. The first-order valence-electron chi connectivity index (χ1n) is 6.56. The Morgan fingerprint density at radius 1 is 1.24 bits per heavy atom. The third-order valence-corrected chi connectivity index (χ3v) is 3.79. The van der Waals surface area contributed by atoms with Crippen LogP contribution in [0, 0.1) is 0 Å². The van der Waals surface area contributed by atoms with Gasteiger partial charge in [-0.15, -0.1) is 0 Å². The zero-order valence-electron chi connectivity index (χ0n) is 10.4. The second-order valence-corrected chi connectivity index (χ2v) is 4.78. The van der Waals surface area contributed by atoms with E-state index in [1.807, 2.05) is 0 Å². The maximum Gasteiger partial charge on any atom is 0.0515 e. The van der Waals surface area contributed by atoms with Gasteiger partial charge in [-0.05, 0) is 36.3 Å². The third kappa shape index (κ3) is 1.87. The standard InChI is InChI=1S/C15H19NO/c1-2-12-4-3-5-13-6-9-16(15(12)13)14-7-10-17-11-8-14/h3-6,9,14H,2,7-8,10-11H2,1H3. The SMILES string of the molecule is CCc1cccc2ccn(C3CCOCC3)c12. The van der Waals surface area contributed by atoms with Crippen LogP contribution in [-0.2, 0) is 11.2 Å². The van der Waals surface area contributed by atoms with Gasteiger partial charge in [-0.25, -0.2) is 0 Å². The van der Waals surface area contributed by atoms with Crippen LogP contribution in [0.15, 0.2) is 30.5 Å². The number of nitrogens with zero attached hydrogens (tertiary/aromatic N) is 1. The summed E-state index contributed by atoms with van der Waals surface area (Å²) in [7, 11) is 0. The summed E-state index contributed by atoms with van der Waals surface area (Å²) >= 11 is 0. The molecular formula is C15H19NO. The molecule has 1 aliphatic rings. The maximum atomic E-state index is 5.45. The Morgan fingerprint density at radius 3 is 2.82 bits per heavy atom. The summed E-state index contributed by atoms with van der Waals surface area (Å²) in [5.74, 6) is 0. The maximum absolute atomic E-state index is 5.45. The van der Waals surface area contributed by atoms with E-state index in [1.54, 1.807) is 0 Å². The number of para-hydroxylation sites is 1. The Morgan fingerprint density at radius 2 is 2.06 bits per heavy atom. The lowest BCUT2D eigenvalue weighted by atomic mass is 10.1. The molecule has 0 radical (unpaired) electrons. The molecule has 2 heteroatoms. The van der Waals surface area contributed by atoms with Crippen LogP contribution in [0.3, 0.4) is 0 Å². The fourth-order valence-corrected chi connectivity index (χ4v) is 2.85.